The molecule has 1 nitrogen and oxygen atoms in total. The Morgan fingerprint density at radius 2 is 1.00 bits per heavy atom. The van der Waals surface area contributed by atoms with E-state index in [0.29, 0.717) is 6.10 Å². The van der Waals surface area contributed by atoms with Gasteiger partial charge in [0, 0.05) is 6.38 Å². The number of hydrogen-bond acceptors (Lipinski definition) is 1. The Labute approximate surface area is 139 Å². The lowest BCUT2D eigenvalue weighted by Crippen LogP contribution is -1.86. The van der Waals surface area contributed by atoms with Crippen LogP contribution in [0.25, 0.3) is 0 Å². The number of rotatable bonds is 15. The van der Waals surface area contributed by atoms with Gasteiger partial charge in [-0.3, -0.25) is 0 Å². The van der Waals surface area contributed by atoms with Crippen molar-refractivity contribution in [3.05, 3.63) is 0 Å². The van der Waals surface area contributed by atoms with Crippen molar-refractivity contribution >= 4 is 11.6 Å². The summed E-state index contributed by atoms with van der Waals surface area (Å²) in [4.78, 5) is 0. The Balaban J connectivity index is 0.00000191. The highest BCUT2D eigenvalue weighted by atomic mass is 35.5. The van der Waals surface area contributed by atoms with Crippen molar-refractivity contribution in [1.29, 1.82) is 0 Å². The number of epoxide rings is 1. The highest BCUT2D eigenvalue weighted by Crippen LogP contribution is 2.18. The fourth-order valence-corrected chi connectivity index (χ4v) is 2.80. The van der Waals surface area contributed by atoms with Crippen LogP contribution in [-0.2, 0) is 4.74 Å². The molecule has 0 aromatic heterocycles. The minimum absolute atomic E-state index is 0.650. The smallest absolute Gasteiger partial charge is 0.0810 e. The molecule has 1 unspecified atom stereocenters. The van der Waals surface area contributed by atoms with E-state index in [4.69, 9.17) is 4.74 Å². The first-order valence-corrected chi connectivity index (χ1v) is 10.2. The summed E-state index contributed by atoms with van der Waals surface area (Å²) in [5.41, 5.74) is 0. The van der Waals surface area contributed by atoms with E-state index in [1.807, 2.05) is 0 Å². The van der Waals surface area contributed by atoms with Crippen molar-refractivity contribution < 1.29 is 4.74 Å². The van der Waals surface area contributed by atoms with E-state index in [1.54, 1.807) is 0 Å². The molecule has 1 rings (SSSR count). The summed E-state index contributed by atoms with van der Waals surface area (Å²) in [6.45, 7) is 3.33. The lowest BCUT2D eigenvalue weighted by Gasteiger charge is -2.03. The Hall–Kier alpha value is 0.250. The lowest BCUT2D eigenvalue weighted by atomic mass is 10.0. The molecular formula is C19H39ClO. The van der Waals surface area contributed by atoms with Gasteiger partial charge in [0.15, 0.2) is 0 Å². The summed E-state index contributed by atoms with van der Waals surface area (Å²) in [6, 6.07) is 0. The topological polar surface area (TPSA) is 12.5 Å². The normalized spacial score (nSPS) is 16.4. The standard InChI is InChI=1S/C18H36O.CH3Cl/c1-2-3-4-5-6-7-8-9-10-11-12-13-14-15-16-18-17-19-18;1-2/h18H,2-17H2,1H3;1H3. The highest BCUT2D eigenvalue weighted by molar-refractivity contribution is 6.15. The second-order valence-corrected chi connectivity index (χ2v) is 6.34. The second-order valence-electron chi connectivity index (χ2n) is 6.34. The van der Waals surface area contributed by atoms with Crippen LogP contribution in [0.3, 0.4) is 0 Å². The number of unbranched alkanes of at least 4 members (excludes halogenated alkanes) is 13. The zero-order chi connectivity index (χ0) is 15.6. The molecule has 1 heterocycles. The van der Waals surface area contributed by atoms with Crippen molar-refractivity contribution in [2.24, 2.45) is 0 Å². The third-order valence-electron chi connectivity index (χ3n) is 4.28. The van der Waals surface area contributed by atoms with Gasteiger partial charge in [-0.2, -0.15) is 0 Å². The maximum atomic E-state index is 5.22. The molecule has 128 valence electrons. The van der Waals surface area contributed by atoms with E-state index >= 15 is 0 Å². The summed E-state index contributed by atoms with van der Waals surface area (Å²) in [5, 5.41) is 0. The highest BCUT2D eigenvalue weighted by Gasteiger charge is 2.20. The van der Waals surface area contributed by atoms with Crippen LogP contribution in [0.5, 0.6) is 0 Å². The Morgan fingerprint density at radius 3 is 1.33 bits per heavy atom. The lowest BCUT2D eigenvalue weighted by molar-refractivity contribution is 0.387. The number of ether oxygens (including phenoxy) is 1. The maximum absolute atomic E-state index is 5.22. The molecule has 1 aliphatic rings. The summed E-state index contributed by atoms with van der Waals surface area (Å²) < 4.78 is 5.22. The molecule has 0 aliphatic carbocycles. The number of alkyl halides is 1. The Morgan fingerprint density at radius 1 is 0.667 bits per heavy atom. The molecule has 0 saturated carbocycles. The van der Waals surface area contributed by atoms with E-state index in [9.17, 15) is 0 Å². The maximum Gasteiger partial charge on any atom is 0.0810 e. The van der Waals surface area contributed by atoms with Gasteiger partial charge >= 0.3 is 0 Å². The average Bonchev–Trinajstić information content (AvgIpc) is 3.34. The van der Waals surface area contributed by atoms with Crippen LogP contribution in [-0.4, -0.2) is 19.1 Å². The van der Waals surface area contributed by atoms with Crippen LogP contribution in [0.15, 0.2) is 0 Å². The molecule has 1 saturated heterocycles. The first kappa shape index (κ1) is 21.2. The molecule has 0 radical (unpaired) electrons. The third kappa shape index (κ3) is 18.2. The van der Waals surface area contributed by atoms with Crippen molar-refractivity contribution in [1.82, 2.24) is 0 Å². The van der Waals surface area contributed by atoms with Crippen LogP contribution in [0.1, 0.15) is 103 Å². The summed E-state index contributed by atoms with van der Waals surface area (Å²) >= 11 is 4.64. The van der Waals surface area contributed by atoms with Crippen LogP contribution in [0, 0.1) is 0 Å². The Bertz CT molecular complexity index is 180. The van der Waals surface area contributed by atoms with Crippen molar-refractivity contribution in [2.75, 3.05) is 13.0 Å². The zero-order valence-corrected chi connectivity index (χ0v) is 15.4. The van der Waals surface area contributed by atoms with E-state index in [-0.39, 0.29) is 0 Å². The zero-order valence-electron chi connectivity index (χ0n) is 14.7. The summed E-state index contributed by atoms with van der Waals surface area (Å²) in [6.07, 6.45) is 23.8. The fraction of sp³-hybridized carbons (Fsp3) is 1.00. The molecule has 0 aromatic carbocycles. The molecule has 0 aromatic rings. The van der Waals surface area contributed by atoms with Crippen molar-refractivity contribution in [2.45, 2.75) is 109 Å². The number of hydrogen-bond donors (Lipinski definition) is 0. The fourth-order valence-electron chi connectivity index (χ4n) is 2.80. The third-order valence-corrected chi connectivity index (χ3v) is 4.28. The van der Waals surface area contributed by atoms with Gasteiger partial charge in [0.05, 0.1) is 12.7 Å². The van der Waals surface area contributed by atoms with Crippen molar-refractivity contribution in [3.8, 4) is 0 Å². The summed E-state index contributed by atoms with van der Waals surface area (Å²) in [5.74, 6) is 0. The molecule has 1 aliphatic heterocycles. The van der Waals surface area contributed by atoms with Gasteiger partial charge in [-0.1, -0.05) is 96.8 Å². The molecule has 1 fully saturated rings. The molecule has 0 spiro atoms. The minimum atomic E-state index is 0.650. The molecule has 0 bridgehead atoms. The van der Waals surface area contributed by atoms with Gasteiger partial charge in [0.1, 0.15) is 0 Å². The monoisotopic (exact) mass is 318 g/mol. The van der Waals surface area contributed by atoms with Crippen LogP contribution in [0.2, 0.25) is 0 Å². The predicted molar refractivity (Wildman–Crippen MR) is 96.4 cm³/mol. The first-order valence-electron chi connectivity index (χ1n) is 9.43. The van der Waals surface area contributed by atoms with Gasteiger partial charge in [-0.15, -0.1) is 11.6 Å². The second kappa shape index (κ2) is 18.3. The van der Waals surface area contributed by atoms with E-state index < -0.39 is 0 Å². The van der Waals surface area contributed by atoms with Crippen molar-refractivity contribution in [3.63, 3.8) is 0 Å². The SMILES string of the molecule is CCCCCCCCCCCCCCCCC1CO1.CCl. The van der Waals surface area contributed by atoms with E-state index in [2.05, 4.69) is 18.5 Å². The molecule has 21 heavy (non-hydrogen) atoms. The van der Waals surface area contributed by atoms with E-state index in [0.717, 1.165) is 6.61 Å². The van der Waals surface area contributed by atoms with Crippen LogP contribution < -0.4 is 0 Å². The molecule has 1 atom stereocenters. The van der Waals surface area contributed by atoms with Crippen LogP contribution >= 0.6 is 11.6 Å². The van der Waals surface area contributed by atoms with Gasteiger partial charge in [0.25, 0.3) is 0 Å². The molecule has 0 amide bonds. The molecular weight excluding hydrogens is 280 g/mol. The average molecular weight is 319 g/mol. The van der Waals surface area contributed by atoms with Gasteiger partial charge in [0.2, 0.25) is 0 Å². The minimum Gasteiger partial charge on any atom is -0.373 e. The van der Waals surface area contributed by atoms with Gasteiger partial charge in [-0.25, -0.2) is 0 Å². The first-order chi connectivity index (χ1) is 10.4. The van der Waals surface area contributed by atoms with Crippen LogP contribution in [0.4, 0.5) is 0 Å². The quantitative estimate of drug-likeness (QED) is 0.178. The predicted octanol–water partition coefficient (Wildman–Crippen LogP) is 7.11. The van der Waals surface area contributed by atoms with E-state index in [1.165, 1.54) is 103 Å². The largest absolute Gasteiger partial charge is 0.373 e. The van der Waals surface area contributed by atoms with Gasteiger partial charge < -0.3 is 4.74 Å². The molecule has 2 heteroatoms. The number of halogens is 1. The Kier molecular flexibility index (Phi) is 18.5. The summed E-state index contributed by atoms with van der Waals surface area (Å²) in [7, 11) is 0. The van der Waals surface area contributed by atoms with Gasteiger partial charge in [-0.05, 0) is 6.42 Å². The molecule has 0 N–H and O–H groups in total.